The first-order valence-electron chi connectivity index (χ1n) is 6.36. The molecule has 0 radical (unpaired) electrons. The first kappa shape index (κ1) is 15.8. The average molecular weight is 286 g/mol. The minimum Gasteiger partial charge on any atom is -0.482 e. The van der Waals surface area contributed by atoms with E-state index in [0.717, 1.165) is 5.56 Å². The fraction of sp³-hybridized carbons (Fsp3) is 0.500. The van der Waals surface area contributed by atoms with Gasteiger partial charge in [-0.05, 0) is 38.0 Å². The number of carbonyl (C=O) groups is 1. The number of ether oxygens (including phenoxy) is 1. The molecule has 0 heterocycles. The van der Waals surface area contributed by atoms with Crippen molar-refractivity contribution in [1.82, 2.24) is 4.90 Å². The molecule has 19 heavy (non-hydrogen) atoms. The molecule has 5 heteroatoms. The van der Waals surface area contributed by atoms with Gasteiger partial charge in [-0.25, -0.2) is 0 Å². The van der Waals surface area contributed by atoms with Crippen molar-refractivity contribution in [2.75, 3.05) is 26.3 Å². The van der Waals surface area contributed by atoms with Crippen LogP contribution in [0.4, 0.5) is 0 Å². The summed E-state index contributed by atoms with van der Waals surface area (Å²) in [7, 11) is 0. The van der Waals surface area contributed by atoms with Gasteiger partial charge < -0.3 is 14.7 Å². The Morgan fingerprint density at radius 2 is 2.21 bits per heavy atom. The van der Waals surface area contributed by atoms with Crippen LogP contribution in [0.2, 0.25) is 5.02 Å². The van der Waals surface area contributed by atoms with E-state index < -0.39 is 0 Å². The number of aliphatic hydroxyl groups excluding tert-OH is 1. The number of halogens is 1. The number of aliphatic hydroxyl groups is 1. The summed E-state index contributed by atoms with van der Waals surface area (Å²) in [4.78, 5) is 13.6. The Bertz CT molecular complexity index is 423. The molecule has 106 valence electrons. The molecule has 0 unspecified atom stereocenters. The van der Waals surface area contributed by atoms with Crippen LogP contribution in [0.25, 0.3) is 0 Å². The second kappa shape index (κ2) is 8.02. The summed E-state index contributed by atoms with van der Waals surface area (Å²) in [5.74, 6) is 0.418. The van der Waals surface area contributed by atoms with Crippen LogP contribution in [0.3, 0.4) is 0 Å². The van der Waals surface area contributed by atoms with Crippen molar-refractivity contribution in [1.29, 1.82) is 0 Å². The van der Waals surface area contributed by atoms with Gasteiger partial charge in [0.25, 0.3) is 5.91 Å². The van der Waals surface area contributed by atoms with Crippen molar-refractivity contribution in [2.24, 2.45) is 0 Å². The van der Waals surface area contributed by atoms with Crippen molar-refractivity contribution in [3.05, 3.63) is 28.8 Å². The van der Waals surface area contributed by atoms with E-state index >= 15 is 0 Å². The first-order valence-corrected chi connectivity index (χ1v) is 6.73. The van der Waals surface area contributed by atoms with Crippen molar-refractivity contribution in [2.45, 2.75) is 20.3 Å². The van der Waals surface area contributed by atoms with Crippen LogP contribution >= 0.6 is 11.6 Å². The minimum absolute atomic E-state index is 0.0392. The fourth-order valence-electron chi connectivity index (χ4n) is 1.67. The zero-order valence-corrected chi connectivity index (χ0v) is 12.1. The van der Waals surface area contributed by atoms with E-state index in [9.17, 15) is 4.79 Å². The third-order valence-corrected chi connectivity index (χ3v) is 3.07. The zero-order valence-electron chi connectivity index (χ0n) is 11.4. The molecule has 4 nitrogen and oxygen atoms in total. The molecule has 0 aliphatic rings. The highest BCUT2D eigenvalue weighted by Gasteiger charge is 2.12. The van der Waals surface area contributed by atoms with Gasteiger partial charge in [-0.3, -0.25) is 4.79 Å². The third kappa shape index (κ3) is 5.09. The summed E-state index contributed by atoms with van der Waals surface area (Å²) in [6.45, 7) is 5.01. The van der Waals surface area contributed by atoms with Crippen LogP contribution < -0.4 is 4.74 Å². The van der Waals surface area contributed by atoms with Gasteiger partial charge in [0, 0.05) is 19.7 Å². The highest BCUT2D eigenvalue weighted by Crippen LogP contribution is 2.25. The fourth-order valence-corrected chi connectivity index (χ4v) is 1.84. The molecule has 0 fully saturated rings. The van der Waals surface area contributed by atoms with Crippen LogP contribution in [0.15, 0.2) is 18.2 Å². The molecule has 0 aliphatic carbocycles. The van der Waals surface area contributed by atoms with E-state index in [2.05, 4.69) is 0 Å². The molecule has 0 atom stereocenters. The Labute approximate surface area is 118 Å². The molecular formula is C14H20ClNO3. The molecule has 1 aromatic rings. The summed E-state index contributed by atoms with van der Waals surface area (Å²) >= 11 is 5.99. The maximum Gasteiger partial charge on any atom is 0.260 e. The Morgan fingerprint density at radius 3 is 2.84 bits per heavy atom. The van der Waals surface area contributed by atoms with Crippen molar-refractivity contribution in [3.8, 4) is 5.75 Å². The highest BCUT2D eigenvalue weighted by atomic mass is 35.5. The van der Waals surface area contributed by atoms with E-state index in [1.165, 1.54) is 0 Å². The van der Waals surface area contributed by atoms with E-state index in [1.54, 1.807) is 17.0 Å². The normalized spacial score (nSPS) is 10.3. The summed E-state index contributed by atoms with van der Waals surface area (Å²) < 4.78 is 5.46. The van der Waals surface area contributed by atoms with Gasteiger partial charge in [-0.2, -0.15) is 0 Å². The summed E-state index contributed by atoms with van der Waals surface area (Å²) in [5.41, 5.74) is 1.03. The monoisotopic (exact) mass is 285 g/mol. The smallest absolute Gasteiger partial charge is 0.260 e. The molecule has 0 aliphatic heterocycles. The average Bonchev–Trinajstić information content (AvgIpc) is 2.40. The Hall–Kier alpha value is -1.26. The zero-order chi connectivity index (χ0) is 14.3. The largest absolute Gasteiger partial charge is 0.482 e. The molecule has 1 aromatic carbocycles. The number of nitrogens with zero attached hydrogens (tertiary/aromatic N) is 1. The number of hydrogen-bond donors (Lipinski definition) is 1. The van der Waals surface area contributed by atoms with E-state index in [0.29, 0.717) is 30.3 Å². The molecule has 1 amide bonds. The second-order valence-corrected chi connectivity index (χ2v) is 4.68. The number of benzene rings is 1. The van der Waals surface area contributed by atoms with Crippen molar-refractivity contribution < 1.29 is 14.6 Å². The lowest BCUT2D eigenvalue weighted by atomic mass is 10.2. The molecule has 1 N–H and O–H groups in total. The predicted octanol–water partition coefficient (Wildman–Crippen LogP) is 2.26. The van der Waals surface area contributed by atoms with Crippen molar-refractivity contribution >= 4 is 17.5 Å². The second-order valence-electron chi connectivity index (χ2n) is 4.27. The van der Waals surface area contributed by atoms with Gasteiger partial charge >= 0.3 is 0 Å². The molecule has 0 aromatic heterocycles. The van der Waals surface area contributed by atoms with Gasteiger partial charge in [0.15, 0.2) is 6.61 Å². The lowest BCUT2D eigenvalue weighted by Gasteiger charge is -2.20. The predicted molar refractivity (Wildman–Crippen MR) is 75.6 cm³/mol. The topological polar surface area (TPSA) is 49.8 Å². The molecule has 0 saturated carbocycles. The molecular weight excluding hydrogens is 266 g/mol. The van der Waals surface area contributed by atoms with Crippen LogP contribution in [0.5, 0.6) is 5.75 Å². The lowest BCUT2D eigenvalue weighted by Crippen LogP contribution is -2.35. The van der Waals surface area contributed by atoms with E-state index in [1.807, 2.05) is 19.9 Å². The SMILES string of the molecule is CCN(CCCO)C(=O)COc1cc(C)ccc1Cl. The van der Waals surface area contributed by atoms with E-state index in [-0.39, 0.29) is 19.1 Å². The number of amides is 1. The lowest BCUT2D eigenvalue weighted by molar-refractivity contribution is -0.133. The standard InChI is InChI=1S/C14H20ClNO3/c1-3-16(7-4-8-17)14(18)10-19-13-9-11(2)5-6-12(13)15/h5-6,9,17H,3-4,7-8,10H2,1-2H3. The number of likely N-dealkylation sites (N-methyl/N-ethyl adjacent to an activating group) is 1. The number of rotatable bonds is 7. The number of carbonyl (C=O) groups excluding carboxylic acids is 1. The number of hydrogen-bond acceptors (Lipinski definition) is 3. The van der Waals surface area contributed by atoms with Gasteiger partial charge in [0.05, 0.1) is 5.02 Å². The number of aryl methyl sites for hydroxylation is 1. The van der Waals surface area contributed by atoms with Crippen LogP contribution in [0, 0.1) is 6.92 Å². The van der Waals surface area contributed by atoms with Crippen molar-refractivity contribution in [3.63, 3.8) is 0 Å². The van der Waals surface area contributed by atoms with Gasteiger partial charge in [-0.15, -0.1) is 0 Å². The van der Waals surface area contributed by atoms with Crippen LogP contribution in [-0.2, 0) is 4.79 Å². The Kier molecular flexibility index (Phi) is 6.67. The molecule has 1 rings (SSSR count). The quantitative estimate of drug-likeness (QED) is 0.836. The molecule has 0 bridgehead atoms. The molecule has 0 spiro atoms. The maximum absolute atomic E-state index is 11.9. The first-order chi connectivity index (χ1) is 9.08. The third-order valence-electron chi connectivity index (χ3n) is 2.76. The van der Waals surface area contributed by atoms with Gasteiger partial charge in [0.2, 0.25) is 0 Å². The maximum atomic E-state index is 11.9. The summed E-state index contributed by atoms with van der Waals surface area (Å²) in [5, 5.41) is 9.28. The Morgan fingerprint density at radius 1 is 1.47 bits per heavy atom. The summed E-state index contributed by atoms with van der Waals surface area (Å²) in [6.07, 6.45) is 0.574. The Balaban J connectivity index is 2.55. The van der Waals surface area contributed by atoms with Gasteiger partial charge in [-0.1, -0.05) is 17.7 Å². The minimum atomic E-state index is -0.103. The van der Waals surface area contributed by atoms with Crippen LogP contribution in [0.1, 0.15) is 18.9 Å². The molecule has 0 saturated heterocycles. The van der Waals surface area contributed by atoms with E-state index in [4.69, 9.17) is 21.4 Å². The van der Waals surface area contributed by atoms with Crippen LogP contribution in [-0.4, -0.2) is 42.2 Å². The highest BCUT2D eigenvalue weighted by molar-refractivity contribution is 6.32. The summed E-state index contributed by atoms with van der Waals surface area (Å²) in [6, 6.07) is 5.44. The van der Waals surface area contributed by atoms with Gasteiger partial charge in [0.1, 0.15) is 5.75 Å².